The Balaban J connectivity index is 1.29. The fourth-order valence-corrected chi connectivity index (χ4v) is 7.86. The van der Waals surface area contributed by atoms with Crippen LogP contribution in [0.25, 0.3) is 110 Å². The summed E-state index contributed by atoms with van der Waals surface area (Å²) in [5.74, 6) is 1.86. The van der Waals surface area contributed by atoms with Gasteiger partial charge in [0.15, 0.2) is 17.5 Å². The Bertz CT molecular complexity index is 3200. The van der Waals surface area contributed by atoms with Gasteiger partial charge in [-0.25, -0.2) is 15.0 Å². The van der Waals surface area contributed by atoms with E-state index in [0.717, 1.165) is 76.3 Å². The molecule has 0 fully saturated rings. The van der Waals surface area contributed by atoms with Crippen molar-refractivity contribution in [2.45, 2.75) is 0 Å². The molecular formula is C47H27N3O. The lowest BCUT2D eigenvalue weighted by atomic mass is 9.95. The molecule has 2 aromatic heterocycles. The SMILES string of the molecule is c1ccc(-c2nc(-c3cc4ccccc4c4ccccc34)nc(-c3cc4ccc5ccccc5c4c4oc5cc6ccccc6cc5c34)n2)cc1. The first kappa shape index (κ1) is 28.0. The average Bonchev–Trinajstić information content (AvgIpc) is 3.57. The Morgan fingerprint density at radius 3 is 1.71 bits per heavy atom. The highest BCUT2D eigenvalue weighted by Gasteiger charge is 2.22. The molecule has 0 aliphatic heterocycles. The summed E-state index contributed by atoms with van der Waals surface area (Å²) >= 11 is 0. The molecule has 11 rings (SSSR count). The van der Waals surface area contributed by atoms with Crippen LogP contribution in [0.4, 0.5) is 0 Å². The molecule has 0 radical (unpaired) electrons. The van der Waals surface area contributed by atoms with Gasteiger partial charge in [-0.05, 0) is 72.7 Å². The molecule has 9 aromatic carbocycles. The van der Waals surface area contributed by atoms with Gasteiger partial charge >= 0.3 is 0 Å². The van der Waals surface area contributed by atoms with Crippen molar-refractivity contribution in [3.05, 3.63) is 164 Å². The van der Waals surface area contributed by atoms with E-state index in [-0.39, 0.29) is 0 Å². The average molecular weight is 650 g/mol. The number of benzene rings is 9. The third-order valence-electron chi connectivity index (χ3n) is 10.2. The van der Waals surface area contributed by atoms with Crippen LogP contribution in [-0.4, -0.2) is 15.0 Å². The summed E-state index contributed by atoms with van der Waals surface area (Å²) in [6, 6.07) is 57.4. The number of furan rings is 1. The maximum Gasteiger partial charge on any atom is 0.164 e. The highest BCUT2D eigenvalue weighted by Crippen LogP contribution is 2.44. The van der Waals surface area contributed by atoms with Gasteiger partial charge in [-0.1, -0.05) is 140 Å². The van der Waals surface area contributed by atoms with Crippen LogP contribution in [0.5, 0.6) is 0 Å². The summed E-state index contributed by atoms with van der Waals surface area (Å²) in [6.07, 6.45) is 0. The van der Waals surface area contributed by atoms with Crippen molar-refractivity contribution < 1.29 is 4.42 Å². The van der Waals surface area contributed by atoms with Crippen LogP contribution in [0, 0.1) is 0 Å². The minimum atomic E-state index is 0.604. The second kappa shape index (κ2) is 10.8. The fraction of sp³-hybridized carbons (Fsp3) is 0. The molecule has 0 saturated heterocycles. The van der Waals surface area contributed by atoms with Gasteiger partial charge in [0.2, 0.25) is 0 Å². The van der Waals surface area contributed by atoms with Gasteiger partial charge < -0.3 is 4.42 Å². The minimum Gasteiger partial charge on any atom is -0.455 e. The van der Waals surface area contributed by atoms with Crippen LogP contribution >= 0.6 is 0 Å². The van der Waals surface area contributed by atoms with Crippen molar-refractivity contribution in [1.29, 1.82) is 0 Å². The molecule has 2 heterocycles. The van der Waals surface area contributed by atoms with Crippen molar-refractivity contribution in [2.24, 2.45) is 0 Å². The topological polar surface area (TPSA) is 51.8 Å². The highest BCUT2D eigenvalue weighted by atomic mass is 16.3. The fourth-order valence-electron chi connectivity index (χ4n) is 7.86. The van der Waals surface area contributed by atoms with E-state index in [1.54, 1.807) is 0 Å². The Labute approximate surface area is 292 Å². The second-order valence-corrected chi connectivity index (χ2v) is 13.2. The maximum absolute atomic E-state index is 6.91. The van der Waals surface area contributed by atoms with E-state index in [1.807, 2.05) is 18.2 Å². The molecule has 0 unspecified atom stereocenters. The molecule has 0 aliphatic rings. The van der Waals surface area contributed by atoms with Crippen LogP contribution in [0.1, 0.15) is 0 Å². The van der Waals surface area contributed by atoms with Gasteiger partial charge in [-0.2, -0.15) is 0 Å². The van der Waals surface area contributed by atoms with E-state index in [1.165, 1.54) is 16.2 Å². The normalized spacial score (nSPS) is 11.9. The summed E-state index contributed by atoms with van der Waals surface area (Å²) in [5, 5.41) is 13.4. The lowest BCUT2D eigenvalue weighted by Gasteiger charge is -2.13. The number of hydrogen-bond donors (Lipinski definition) is 0. The highest BCUT2D eigenvalue weighted by molar-refractivity contribution is 6.27. The van der Waals surface area contributed by atoms with E-state index < -0.39 is 0 Å². The second-order valence-electron chi connectivity index (χ2n) is 13.2. The zero-order valence-electron chi connectivity index (χ0n) is 27.3. The maximum atomic E-state index is 6.91. The van der Waals surface area contributed by atoms with Gasteiger partial charge in [-0.3, -0.25) is 0 Å². The first-order valence-corrected chi connectivity index (χ1v) is 17.2. The zero-order valence-corrected chi connectivity index (χ0v) is 27.3. The molecule has 0 N–H and O–H groups in total. The van der Waals surface area contributed by atoms with E-state index in [4.69, 9.17) is 19.4 Å². The molecule has 11 aromatic rings. The lowest BCUT2D eigenvalue weighted by Crippen LogP contribution is -2.01. The molecule has 0 amide bonds. The predicted molar refractivity (Wildman–Crippen MR) is 211 cm³/mol. The molecule has 51 heavy (non-hydrogen) atoms. The number of aromatic nitrogens is 3. The van der Waals surface area contributed by atoms with Gasteiger partial charge in [0.05, 0.1) is 0 Å². The molecule has 0 atom stereocenters. The van der Waals surface area contributed by atoms with Crippen molar-refractivity contribution in [3.8, 4) is 34.2 Å². The molecule has 0 aliphatic carbocycles. The van der Waals surface area contributed by atoms with Gasteiger partial charge in [-0.15, -0.1) is 0 Å². The first-order valence-electron chi connectivity index (χ1n) is 17.2. The first-order chi connectivity index (χ1) is 25.3. The Morgan fingerprint density at radius 1 is 0.333 bits per heavy atom. The summed E-state index contributed by atoms with van der Waals surface area (Å²) < 4.78 is 6.91. The molecular weight excluding hydrogens is 623 g/mol. The van der Waals surface area contributed by atoms with Crippen LogP contribution in [0.15, 0.2) is 168 Å². The quantitative estimate of drug-likeness (QED) is 0.179. The standard InChI is InChI=1S/C47H27N3O/c1-2-13-29(14-3-1)45-48-46(38-25-32-17-7-8-18-34(32)36-20-10-11-21-37(36)38)50-47(49-45)40-26-33-23-22-28-12-6-9-19-35(28)42(33)44-43(40)39-24-30-15-4-5-16-31(30)27-41(39)51-44/h1-27H. The Kier molecular flexibility index (Phi) is 5.92. The monoisotopic (exact) mass is 649 g/mol. The van der Waals surface area contributed by atoms with E-state index in [2.05, 4.69) is 146 Å². The molecule has 0 spiro atoms. The molecule has 236 valence electrons. The third kappa shape index (κ3) is 4.30. The summed E-state index contributed by atoms with van der Waals surface area (Å²) in [7, 11) is 0. The minimum absolute atomic E-state index is 0.604. The van der Waals surface area contributed by atoms with Crippen LogP contribution in [-0.2, 0) is 0 Å². The lowest BCUT2D eigenvalue weighted by molar-refractivity contribution is 0.673. The number of hydrogen-bond acceptors (Lipinski definition) is 4. The van der Waals surface area contributed by atoms with Crippen LogP contribution in [0.3, 0.4) is 0 Å². The Morgan fingerprint density at radius 2 is 0.902 bits per heavy atom. The molecule has 4 nitrogen and oxygen atoms in total. The largest absolute Gasteiger partial charge is 0.455 e. The van der Waals surface area contributed by atoms with Crippen molar-refractivity contribution in [1.82, 2.24) is 15.0 Å². The number of rotatable bonds is 3. The summed E-state index contributed by atoms with van der Waals surface area (Å²) in [6.45, 7) is 0. The Hall–Kier alpha value is -6.91. The smallest absolute Gasteiger partial charge is 0.164 e. The number of nitrogens with zero attached hydrogens (tertiary/aromatic N) is 3. The van der Waals surface area contributed by atoms with E-state index in [9.17, 15) is 0 Å². The zero-order chi connectivity index (χ0) is 33.5. The molecule has 4 heteroatoms. The van der Waals surface area contributed by atoms with Crippen molar-refractivity contribution in [2.75, 3.05) is 0 Å². The number of fused-ring (bicyclic) bond motifs is 11. The summed E-state index contributed by atoms with van der Waals surface area (Å²) in [5.41, 5.74) is 4.48. The molecule has 0 saturated carbocycles. The van der Waals surface area contributed by atoms with E-state index in [0.29, 0.717) is 17.5 Å². The summed E-state index contributed by atoms with van der Waals surface area (Å²) in [4.78, 5) is 15.8. The molecule has 0 bridgehead atoms. The van der Waals surface area contributed by atoms with Crippen molar-refractivity contribution >= 4 is 75.8 Å². The van der Waals surface area contributed by atoms with Gasteiger partial charge in [0.1, 0.15) is 11.2 Å². The van der Waals surface area contributed by atoms with E-state index >= 15 is 0 Å². The van der Waals surface area contributed by atoms with Gasteiger partial charge in [0.25, 0.3) is 0 Å². The van der Waals surface area contributed by atoms with Crippen molar-refractivity contribution in [3.63, 3.8) is 0 Å². The van der Waals surface area contributed by atoms with Crippen LogP contribution < -0.4 is 0 Å². The third-order valence-corrected chi connectivity index (χ3v) is 10.2. The van der Waals surface area contributed by atoms with Gasteiger partial charge in [0, 0.05) is 32.8 Å². The van der Waals surface area contributed by atoms with Crippen LogP contribution in [0.2, 0.25) is 0 Å². The predicted octanol–water partition coefficient (Wildman–Crippen LogP) is 12.5.